The minimum atomic E-state index is -3.41. The first-order valence-corrected chi connectivity index (χ1v) is 11.3. The Morgan fingerprint density at radius 1 is 1.13 bits per heavy atom. The normalized spacial score (nSPS) is 14.9. The number of nitrogens with zero attached hydrogens (tertiary/aromatic N) is 4. The minimum Gasteiger partial charge on any atom is -0.361 e. The number of nitrogens with one attached hydrogen (secondary N) is 2. The van der Waals surface area contributed by atoms with Gasteiger partial charge in [0.05, 0.1) is 10.7 Å². The van der Waals surface area contributed by atoms with Crippen LogP contribution in [0.2, 0.25) is 0 Å². The molecule has 12 heteroatoms. The van der Waals surface area contributed by atoms with E-state index in [2.05, 4.69) is 20.5 Å². The minimum absolute atomic E-state index is 0.0198. The van der Waals surface area contributed by atoms with E-state index in [0.29, 0.717) is 31.9 Å². The number of benzene rings is 1. The number of piperazine rings is 1. The summed E-state index contributed by atoms with van der Waals surface area (Å²) in [5.41, 5.74) is 0.556. The number of pyridine rings is 1. The van der Waals surface area contributed by atoms with Crippen LogP contribution < -0.4 is 15.5 Å². The van der Waals surface area contributed by atoms with Gasteiger partial charge in [0.2, 0.25) is 10.0 Å². The van der Waals surface area contributed by atoms with Crippen molar-refractivity contribution in [1.82, 2.24) is 14.6 Å². The van der Waals surface area contributed by atoms with Gasteiger partial charge in [-0.05, 0) is 36.5 Å². The van der Waals surface area contributed by atoms with Crippen LogP contribution in [0.1, 0.15) is 0 Å². The molecule has 0 unspecified atom stereocenters. The summed E-state index contributed by atoms with van der Waals surface area (Å²) >= 11 is 5.16. The van der Waals surface area contributed by atoms with Crippen molar-refractivity contribution in [2.24, 2.45) is 0 Å². The van der Waals surface area contributed by atoms with Gasteiger partial charge in [0.25, 0.3) is 5.69 Å². The Labute approximate surface area is 180 Å². The molecule has 1 fully saturated rings. The van der Waals surface area contributed by atoms with Gasteiger partial charge in [-0.1, -0.05) is 6.07 Å². The zero-order chi connectivity index (χ0) is 21.6. The van der Waals surface area contributed by atoms with Crippen LogP contribution in [0.5, 0.6) is 0 Å². The van der Waals surface area contributed by atoms with Crippen LogP contribution in [-0.2, 0) is 10.0 Å². The van der Waals surface area contributed by atoms with E-state index in [1.165, 1.54) is 28.6 Å². The van der Waals surface area contributed by atoms with Crippen LogP contribution >= 0.6 is 12.2 Å². The van der Waals surface area contributed by atoms with Gasteiger partial charge in [-0.15, -0.1) is 0 Å². The van der Waals surface area contributed by atoms with E-state index in [1.54, 1.807) is 6.20 Å². The molecule has 0 spiro atoms. The van der Waals surface area contributed by atoms with E-state index in [9.17, 15) is 18.5 Å². The predicted molar refractivity (Wildman–Crippen MR) is 119 cm³/mol. The quantitative estimate of drug-likeness (QED) is 0.366. The van der Waals surface area contributed by atoms with Crippen LogP contribution in [0.25, 0.3) is 0 Å². The maximum Gasteiger partial charge on any atom is 0.269 e. The Kier molecular flexibility index (Phi) is 7.13. The molecule has 0 bridgehead atoms. The number of aromatic nitrogens is 1. The highest BCUT2D eigenvalue weighted by atomic mass is 32.2. The number of hydrogen-bond acceptors (Lipinski definition) is 7. The predicted octanol–water partition coefficient (Wildman–Crippen LogP) is 1.43. The number of non-ortho nitro benzene ring substituents is 1. The molecule has 1 aliphatic heterocycles. The first-order chi connectivity index (χ1) is 14.3. The first kappa shape index (κ1) is 21.9. The lowest BCUT2D eigenvalue weighted by atomic mass is 10.3. The van der Waals surface area contributed by atoms with Crippen molar-refractivity contribution in [2.45, 2.75) is 0 Å². The average Bonchev–Trinajstić information content (AvgIpc) is 2.75. The summed E-state index contributed by atoms with van der Waals surface area (Å²) in [4.78, 5) is 16.5. The molecule has 0 atom stereocenters. The van der Waals surface area contributed by atoms with Crippen LogP contribution in [0.15, 0.2) is 48.7 Å². The summed E-state index contributed by atoms with van der Waals surface area (Å²) in [6.45, 7) is 2.14. The van der Waals surface area contributed by atoms with Crippen molar-refractivity contribution in [3.8, 4) is 0 Å². The van der Waals surface area contributed by atoms with Gasteiger partial charge in [0, 0.05) is 56.7 Å². The fourth-order valence-corrected chi connectivity index (χ4v) is 4.56. The molecule has 30 heavy (non-hydrogen) atoms. The smallest absolute Gasteiger partial charge is 0.269 e. The topological polar surface area (TPSA) is 121 Å². The maximum absolute atomic E-state index is 12.6. The summed E-state index contributed by atoms with van der Waals surface area (Å²) in [7, 11) is -3.41. The summed E-state index contributed by atoms with van der Waals surface area (Å²) < 4.78 is 26.7. The van der Waals surface area contributed by atoms with E-state index >= 15 is 0 Å². The van der Waals surface area contributed by atoms with Gasteiger partial charge in [-0.25, -0.2) is 13.4 Å². The Bertz CT molecular complexity index is 977. The highest BCUT2D eigenvalue weighted by Crippen LogP contribution is 2.16. The molecule has 0 aliphatic carbocycles. The Morgan fingerprint density at radius 3 is 2.43 bits per heavy atom. The molecule has 1 saturated heterocycles. The number of hydrogen-bond donors (Lipinski definition) is 2. The molecule has 1 aliphatic rings. The van der Waals surface area contributed by atoms with Gasteiger partial charge in [-0.2, -0.15) is 4.31 Å². The summed E-state index contributed by atoms with van der Waals surface area (Å²) in [5.74, 6) is 0.762. The Balaban J connectivity index is 1.42. The number of anilines is 2. The van der Waals surface area contributed by atoms with Gasteiger partial charge in [0.1, 0.15) is 5.82 Å². The van der Waals surface area contributed by atoms with Gasteiger partial charge < -0.3 is 15.5 Å². The Hall–Kier alpha value is -2.83. The van der Waals surface area contributed by atoms with E-state index < -0.39 is 14.9 Å². The van der Waals surface area contributed by atoms with Crippen LogP contribution in [0.4, 0.5) is 17.2 Å². The lowest BCUT2D eigenvalue weighted by Gasteiger charge is -2.34. The van der Waals surface area contributed by atoms with Gasteiger partial charge in [-0.3, -0.25) is 10.1 Å². The zero-order valence-corrected chi connectivity index (χ0v) is 17.7. The highest BCUT2D eigenvalue weighted by molar-refractivity contribution is 7.89. The van der Waals surface area contributed by atoms with Gasteiger partial charge in [0.15, 0.2) is 5.11 Å². The van der Waals surface area contributed by atoms with E-state index in [4.69, 9.17) is 12.2 Å². The standard InChI is InChI=1S/C18H22N6O4S2/c25-24(26)16-6-4-15(5-7-16)21-18(29)20-9-14-30(27,28)23-12-10-22(11-13-23)17-3-1-2-8-19-17/h1-8H,9-14H2,(H2,20,21,29). The van der Waals surface area contributed by atoms with Crippen molar-refractivity contribution >= 4 is 44.5 Å². The Morgan fingerprint density at radius 2 is 1.83 bits per heavy atom. The maximum atomic E-state index is 12.6. The molecule has 0 saturated carbocycles. The molecular weight excluding hydrogens is 428 g/mol. The summed E-state index contributed by atoms with van der Waals surface area (Å²) in [5, 5.41) is 16.7. The number of rotatable bonds is 7. The number of nitro groups is 1. The molecule has 0 radical (unpaired) electrons. The lowest BCUT2D eigenvalue weighted by Crippen LogP contribution is -2.50. The van der Waals surface area contributed by atoms with Gasteiger partial charge >= 0.3 is 0 Å². The van der Waals surface area contributed by atoms with Crippen molar-refractivity contribution in [3.63, 3.8) is 0 Å². The largest absolute Gasteiger partial charge is 0.361 e. The van der Waals surface area contributed by atoms with E-state index in [1.807, 2.05) is 18.2 Å². The second-order valence-electron chi connectivity index (χ2n) is 6.57. The fraction of sp³-hybridized carbons (Fsp3) is 0.333. The number of sulfonamides is 1. The second-order valence-corrected chi connectivity index (χ2v) is 9.07. The van der Waals surface area contributed by atoms with E-state index in [-0.39, 0.29) is 23.1 Å². The second kappa shape index (κ2) is 9.78. The molecule has 0 amide bonds. The molecule has 1 aromatic heterocycles. The van der Waals surface area contributed by atoms with Crippen molar-refractivity contribution < 1.29 is 13.3 Å². The molecule has 2 aromatic rings. The van der Waals surface area contributed by atoms with Crippen LogP contribution in [0.3, 0.4) is 0 Å². The van der Waals surface area contributed by atoms with Crippen molar-refractivity contribution in [2.75, 3.05) is 48.7 Å². The van der Waals surface area contributed by atoms with Crippen molar-refractivity contribution in [3.05, 3.63) is 58.8 Å². The lowest BCUT2D eigenvalue weighted by molar-refractivity contribution is -0.384. The van der Waals surface area contributed by atoms with Crippen molar-refractivity contribution in [1.29, 1.82) is 0 Å². The third-order valence-corrected chi connectivity index (χ3v) is 6.71. The molecule has 2 N–H and O–H groups in total. The third kappa shape index (κ3) is 5.84. The average molecular weight is 451 g/mol. The highest BCUT2D eigenvalue weighted by Gasteiger charge is 2.27. The summed E-state index contributed by atoms with van der Waals surface area (Å²) in [6.07, 6.45) is 1.72. The zero-order valence-electron chi connectivity index (χ0n) is 16.1. The molecule has 10 nitrogen and oxygen atoms in total. The van der Waals surface area contributed by atoms with Crippen LogP contribution in [0, 0.1) is 10.1 Å². The number of thiocarbonyl (C=S) groups is 1. The SMILES string of the molecule is O=[N+]([O-])c1ccc(NC(=S)NCCS(=O)(=O)N2CCN(c3ccccn3)CC2)cc1. The number of nitro benzene ring substituents is 1. The van der Waals surface area contributed by atoms with E-state index in [0.717, 1.165) is 5.82 Å². The fourth-order valence-electron chi connectivity index (χ4n) is 3.00. The third-order valence-electron chi connectivity index (χ3n) is 4.59. The molecule has 2 heterocycles. The summed E-state index contributed by atoms with van der Waals surface area (Å²) in [6, 6.07) is 11.4. The van der Waals surface area contributed by atoms with Crippen LogP contribution in [-0.4, -0.2) is 66.2 Å². The molecule has 1 aromatic carbocycles. The molecular formula is C18H22N6O4S2. The molecule has 160 valence electrons. The monoisotopic (exact) mass is 450 g/mol. The first-order valence-electron chi connectivity index (χ1n) is 9.28. The molecule has 3 rings (SSSR count).